The maximum atomic E-state index is 12.7. The van der Waals surface area contributed by atoms with Gasteiger partial charge in [-0.05, 0) is 54.8 Å². The smallest absolute Gasteiger partial charge is 0.343 e. The lowest BCUT2D eigenvalue weighted by Gasteiger charge is -2.22. The fraction of sp³-hybridized carbons (Fsp3) is 0.375. The second kappa shape index (κ2) is 12.4. The average Bonchev–Trinajstić information content (AvgIpc) is 2.75. The lowest BCUT2D eigenvalue weighted by Crippen LogP contribution is -2.34. The monoisotopic (exact) mass is 424 g/mol. The predicted octanol–water partition coefficient (Wildman–Crippen LogP) is 3.78. The van der Waals surface area contributed by atoms with Crippen LogP contribution in [0.5, 0.6) is 5.75 Å². The number of esters is 1. The van der Waals surface area contributed by atoms with Gasteiger partial charge in [0.1, 0.15) is 5.75 Å². The van der Waals surface area contributed by atoms with Gasteiger partial charge < -0.3 is 21.1 Å². The molecule has 0 saturated carbocycles. The van der Waals surface area contributed by atoms with Gasteiger partial charge in [0.2, 0.25) is 5.91 Å². The van der Waals surface area contributed by atoms with Crippen molar-refractivity contribution >= 4 is 23.5 Å². The number of guanidine groups is 1. The van der Waals surface area contributed by atoms with E-state index in [1.165, 1.54) is 0 Å². The second-order valence-electron chi connectivity index (χ2n) is 7.38. The summed E-state index contributed by atoms with van der Waals surface area (Å²) in [7, 11) is 0. The van der Waals surface area contributed by atoms with Gasteiger partial charge >= 0.3 is 5.97 Å². The zero-order valence-corrected chi connectivity index (χ0v) is 18.3. The first-order chi connectivity index (χ1) is 14.9. The Morgan fingerprint density at radius 3 is 2.00 bits per heavy atom. The van der Waals surface area contributed by atoms with Gasteiger partial charge in [0.05, 0.1) is 17.7 Å². The maximum absolute atomic E-state index is 12.7. The van der Waals surface area contributed by atoms with E-state index >= 15 is 0 Å². The van der Waals surface area contributed by atoms with Crippen molar-refractivity contribution in [2.24, 2.45) is 16.5 Å². The quantitative estimate of drug-likeness (QED) is 0.247. The van der Waals surface area contributed by atoms with Gasteiger partial charge in [0.25, 0.3) is 0 Å². The van der Waals surface area contributed by atoms with E-state index in [0.29, 0.717) is 23.4 Å². The van der Waals surface area contributed by atoms with Gasteiger partial charge in [0.15, 0.2) is 5.96 Å². The van der Waals surface area contributed by atoms with Crippen LogP contribution in [0, 0.1) is 0 Å². The summed E-state index contributed by atoms with van der Waals surface area (Å²) >= 11 is 0. The molecule has 0 aliphatic carbocycles. The largest absolute Gasteiger partial charge is 0.423 e. The van der Waals surface area contributed by atoms with Crippen molar-refractivity contribution in [1.82, 2.24) is 4.90 Å². The molecule has 0 bridgehead atoms. The summed E-state index contributed by atoms with van der Waals surface area (Å²) in [5, 5.41) is 0. The number of carbonyl (C=O) groups excluding carboxylic acids is 2. The number of unbranched alkanes of at least 4 members (excludes halogenated alkanes) is 2. The van der Waals surface area contributed by atoms with Crippen molar-refractivity contribution in [2.45, 2.75) is 46.0 Å². The molecular formula is C24H32N4O3. The zero-order valence-electron chi connectivity index (χ0n) is 18.3. The highest BCUT2D eigenvalue weighted by Gasteiger charge is 2.14. The van der Waals surface area contributed by atoms with E-state index in [2.05, 4.69) is 18.8 Å². The van der Waals surface area contributed by atoms with Crippen LogP contribution in [0.15, 0.2) is 53.5 Å². The number of nitrogens with two attached hydrogens (primary N) is 2. The first kappa shape index (κ1) is 23.9. The highest BCUT2D eigenvalue weighted by atomic mass is 16.5. The van der Waals surface area contributed by atoms with E-state index in [9.17, 15) is 9.59 Å². The van der Waals surface area contributed by atoms with Crippen LogP contribution >= 0.6 is 0 Å². The van der Waals surface area contributed by atoms with Gasteiger partial charge in [-0.15, -0.1) is 0 Å². The molecule has 0 fully saturated rings. The van der Waals surface area contributed by atoms with Crippen molar-refractivity contribution in [3.8, 4) is 5.75 Å². The minimum Gasteiger partial charge on any atom is -0.423 e. The number of nitrogens with zero attached hydrogens (tertiary/aromatic N) is 2. The summed E-state index contributed by atoms with van der Waals surface area (Å²) in [6.45, 7) is 5.85. The zero-order chi connectivity index (χ0) is 22.6. The summed E-state index contributed by atoms with van der Waals surface area (Å²) in [6.07, 6.45) is 4.49. The van der Waals surface area contributed by atoms with Crippen molar-refractivity contribution < 1.29 is 14.3 Å². The minimum absolute atomic E-state index is 0.0484. The van der Waals surface area contributed by atoms with E-state index in [0.717, 1.165) is 44.3 Å². The van der Waals surface area contributed by atoms with Gasteiger partial charge in [-0.2, -0.15) is 0 Å². The van der Waals surface area contributed by atoms with Crippen molar-refractivity contribution in [3.05, 3.63) is 59.7 Å². The van der Waals surface area contributed by atoms with Crippen LogP contribution in [0.25, 0.3) is 0 Å². The molecule has 166 valence electrons. The molecule has 0 unspecified atom stereocenters. The molecule has 4 N–H and O–H groups in total. The van der Waals surface area contributed by atoms with E-state index in [1.807, 2.05) is 17.0 Å². The Balaban J connectivity index is 1.95. The van der Waals surface area contributed by atoms with Crippen molar-refractivity contribution in [1.29, 1.82) is 0 Å². The molecule has 7 nitrogen and oxygen atoms in total. The Morgan fingerprint density at radius 1 is 0.903 bits per heavy atom. The van der Waals surface area contributed by atoms with Gasteiger partial charge in [-0.1, -0.05) is 38.8 Å². The molecular weight excluding hydrogens is 392 g/mol. The third-order valence-electron chi connectivity index (χ3n) is 4.77. The van der Waals surface area contributed by atoms with Crippen LogP contribution in [0.3, 0.4) is 0 Å². The Hall–Kier alpha value is -3.35. The standard InChI is InChI=1S/C24H32N4O3/c1-3-5-15-28(16-6-4-2)22(29)17-18-7-13-21(14-8-18)31-23(30)19-9-11-20(12-10-19)27-24(25)26/h7-14H,3-6,15-17H2,1-2H3,(H4,25,26,27). The lowest BCUT2D eigenvalue weighted by molar-refractivity contribution is -0.130. The minimum atomic E-state index is -0.481. The molecule has 0 spiro atoms. The molecule has 0 aromatic heterocycles. The number of rotatable bonds is 11. The van der Waals surface area contributed by atoms with Gasteiger partial charge in [-0.25, -0.2) is 9.79 Å². The van der Waals surface area contributed by atoms with Crippen LogP contribution < -0.4 is 16.2 Å². The van der Waals surface area contributed by atoms with Crippen molar-refractivity contribution in [3.63, 3.8) is 0 Å². The van der Waals surface area contributed by atoms with E-state index in [-0.39, 0.29) is 11.9 Å². The third kappa shape index (κ3) is 8.12. The number of amides is 1. The van der Waals surface area contributed by atoms with Crippen molar-refractivity contribution in [2.75, 3.05) is 13.1 Å². The van der Waals surface area contributed by atoms with Crippen LogP contribution in [0.4, 0.5) is 5.69 Å². The molecule has 31 heavy (non-hydrogen) atoms. The summed E-state index contributed by atoms with van der Waals surface area (Å²) in [5.74, 6) is 0.0222. The summed E-state index contributed by atoms with van der Waals surface area (Å²) < 4.78 is 5.42. The summed E-state index contributed by atoms with van der Waals surface area (Å²) in [6, 6.07) is 13.5. The highest BCUT2D eigenvalue weighted by molar-refractivity contribution is 5.91. The van der Waals surface area contributed by atoms with Gasteiger partial charge in [0, 0.05) is 13.1 Å². The molecule has 0 aliphatic heterocycles. The Morgan fingerprint density at radius 2 is 1.48 bits per heavy atom. The Kier molecular flexibility index (Phi) is 9.55. The first-order valence-electron chi connectivity index (χ1n) is 10.7. The normalized spacial score (nSPS) is 10.4. The van der Waals surface area contributed by atoms with E-state index in [1.54, 1.807) is 36.4 Å². The average molecular weight is 425 g/mol. The Bertz CT molecular complexity index is 865. The fourth-order valence-corrected chi connectivity index (χ4v) is 3.01. The van der Waals surface area contributed by atoms with E-state index < -0.39 is 5.97 Å². The first-order valence-corrected chi connectivity index (χ1v) is 10.7. The highest BCUT2D eigenvalue weighted by Crippen LogP contribution is 2.17. The van der Waals surface area contributed by atoms with Crippen LogP contribution in [0.1, 0.15) is 55.5 Å². The fourth-order valence-electron chi connectivity index (χ4n) is 3.01. The molecule has 1 amide bonds. The van der Waals surface area contributed by atoms with E-state index in [4.69, 9.17) is 16.2 Å². The molecule has 0 radical (unpaired) electrons. The molecule has 0 heterocycles. The maximum Gasteiger partial charge on any atom is 0.343 e. The number of benzene rings is 2. The predicted molar refractivity (Wildman–Crippen MR) is 123 cm³/mol. The number of hydrogen-bond acceptors (Lipinski definition) is 4. The molecule has 7 heteroatoms. The summed E-state index contributed by atoms with van der Waals surface area (Å²) in [5.41, 5.74) is 12.5. The molecule has 0 aliphatic rings. The number of carbonyl (C=O) groups is 2. The number of ether oxygens (including phenoxy) is 1. The summed E-state index contributed by atoms with van der Waals surface area (Å²) in [4.78, 5) is 30.9. The molecule has 0 atom stereocenters. The molecule has 2 rings (SSSR count). The van der Waals surface area contributed by atoms with Crippen LogP contribution in [0.2, 0.25) is 0 Å². The second-order valence-corrected chi connectivity index (χ2v) is 7.38. The van der Waals surface area contributed by atoms with Gasteiger partial charge in [-0.3, -0.25) is 4.79 Å². The number of hydrogen-bond donors (Lipinski definition) is 2. The van der Waals surface area contributed by atoms with Crippen LogP contribution in [-0.2, 0) is 11.2 Å². The molecule has 0 saturated heterocycles. The third-order valence-corrected chi connectivity index (χ3v) is 4.77. The molecule has 2 aromatic carbocycles. The SMILES string of the molecule is CCCCN(CCCC)C(=O)Cc1ccc(OC(=O)c2ccc(N=C(N)N)cc2)cc1. The molecule has 2 aromatic rings. The Labute approximate surface area is 184 Å². The topological polar surface area (TPSA) is 111 Å². The number of aliphatic imine (C=N–C) groups is 1. The lowest BCUT2D eigenvalue weighted by atomic mass is 10.1. The van der Waals surface area contributed by atoms with Crippen LogP contribution in [-0.4, -0.2) is 35.8 Å².